The Morgan fingerprint density at radius 2 is 2.19 bits per heavy atom. The normalized spacial score (nSPS) is 11.4. The third-order valence-electron chi connectivity index (χ3n) is 3.91. The van der Waals surface area contributed by atoms with Gasteiger partial charge in [0.1, 0.15) is 5.76 Å². The van der Waals surface area contributed by atoms with Crippen LogP contribution < -0.4 is 4.90 Å². The van der Waals surface area contributed by atoms with E-state index < -0.39 is 0 Å². The van der Waals surface area contributed by atoms with E-state index >= 15 is 0 Å². The Bertz CT molecular complexity index is 1070. The number of rotatable bonds is 6. The minimum atomic E-state index is -0.121. The first-order valence-electron chi connectivity index (χ1n) is 8.23. The second-order valence-corrected chi connectivity index (χ2v) is 8.49. The molecule has 0 saturated heterocycles. The van der Waals surface area contributed by atoms with Crippen LogP contribution in [0, 0.1) is 0 Å². The molecule has 27 heavy (non-hydrogen) atoms. The highest BCUT2D eigenvalue weighted by Crippen LogP contribution is 2.34. The number of furan rings is 1. The molecular formula is C20H16N2O2S3. The van der Waals surface area contributed by atoms with Gasteiger partial charge in [0.15, 0.2) is 5.13 Å². The van der Waals surface area contributed by atoms with Gasteiger partial charge in [0.2, 0.25) is 0 Å². The van der Waals surface area contributed by atoms with Crippen molar-refractivity contribution in [1.29, 1.82) is 0 Å². The molecule has 0 fully saturated rings. The summed E-state index contributed by atoms with van der Waals surface area (Å²) in [5.74, 6) is 0.599. The second-order valence-electron chi connectivity index (χ2n) is 5.66. The summed E-state index contributed by atoms with van der Waals surface area (Å²) in [5.41, 5.74) is 0.935. The van der Waals surface area contributed by atoms with E-state index in [1.54, 1.807) is 40.3 Å². The van der Waals surface area contributed by atoms with E-state index in [-0.39, 0.29) is 5.91 Å². The van der Waals surface area contributed by atoms with Gasteiger partial charge in [-0.15, -0.1) is 23.1 Å². The van der Waals surface area contributed by atoms with Crippen molar-refractivity contribution in [2.75, 3.05) is 11.2 Å². The molecule has 7 heteroatoms. The lowest BCUT2D eigenvalue weighted by Crippen LogP contribution is -2.28. The molecule has 1 amide bonds. The van der Waals surface area contributed by atoms with Crippen LogP contribution in [0.4, 0.5) is 5.13 Å². The monoisotopic (exact) mass is 412 g/mol. The Morgan fingerprint density at radius 3 is 2.93 bits per heavy atom. The predicted molar refractivity (Wildman–Crippen MR) is 115 cm³/mol. The van der Waals surface area contributed by atoms with E-state index in [2.05, 4.69) is 0 Å². The summed E-state index contributed by atoms with van der Waals surface area (Å²) in [4.78, 5) is 21.5. The summed E-state index contributed by atoms with van der Waals surface area (Å²) < 4.78 is 6.53. The molecular weight excluding hydrogens is 396 g/mol. The van der Waals surface area contributed by atoms with E-state index in [4.69, 9.17) is 9.40 Å². The molecule has 0 aliphatic rings. The highest BCUT2D eigenvalue weighted by molar-refractivity contribution is 7.98. The lowest BCUT2D eigenvalue weighted by molar-refractivity contribution is -0.114. The molecule has 0 unspecified atom stereocenters. The zero-order valence-electron chi connectivity index (χ0n) is 14.5. The van der Waals surface area contributed by atoms with E-state index in [0.29, 0.717) is 11.7 Å². The van der Waals surface area contributed by atoms with Gasteiger partial charge in [-0.2, -0.15) is 0 Å². The highest BCUT2D eigenvalue weighted by Gasteiger charge is 2.20. The molecule has 0 spiro atoms. The summed E-state index contributed by atoms with van der Waals surface area (Å²) in [7, 11) is 0. The van der Waals surface area contributed by atoms with Crippen LogP contribution in [0.2, 0.25) is 0 Å². The van der Waals surface area contributed by atoms with Crippen LogP contribution in [-0.2, 0) is 11.3 Å². The number of para-hydroxylation sites is 1. The fourth-order valence-electron chi connectivity index (χ4n) is 2.62. The van der Waals surface area contributed by atoms with Gasteiger partial charge < -0.3 is 4.42 Å². The average Bonchev–Trinajstić information content (AvgIpc) is 3.45. The Morgan fingerprint density at radius 1 is 1.26 bits per heavy atom. The van der Waals surface area contributed by atoms with Crippen molar-refractivity contribution in [3.8, 4) is 0 Å². The molecule has 4 aromatic rings. The number of benzene rings is 1. The number of carbonyl (C=O) groups is 1. The first kappa shape index (κ1) is 18.0. The summed E-state index contributed by atoms with van der Waals surface area (Å²) in [6.07, 6.45) is 7.08. The average molecular weight is 413 g/mol. The fourth-order valence-corrected chi connectivity index (χ4v) is 4.86. The van der Waals surface area contributed by atoms with Gasteiger partial charge in [0.05, 0.1) is 23.0 Å². The molecule has 0 saturated carbocycles. The molecule has 4 rings (SSSR count). The van der Waals surface area contributed by atoms with Crippen LogP contribution in [0.1, 0.15) is 10.6 Å². The fraction of sp³-hybridized carbons (Fsp3) is 0.100. The molecule has 4 nitrogen and oxygen atoms in total. The van der Waals surface area contributed by atoms with Crippen molar-refractivity contribution >= 4 is 61.8 Å². The summed E-state index contributed by atoms with van der Waals surface area (Å²) >= 11 is 4.77. The van der Waals surface area contributed by atoms with Crippen molar-refractivity contribution in [1.82, 2.24) is 4.98 Å². The first-order valence-corrected chi connectivity index (χ1v) is 11.2. The zero-order valence-corrected chi connectivity index (χ0v) is 16.9. The van der Waals surface area contributed by atoms with Crippen LogP contribution in [0.5, 0.6) is 0 Å². The molecule has 0 N–H and O–H groups in total. The maximum Gasteiger partial charge on any atom is 0.253 e. The Balaban J connectivity index is 1.70. The number of hydrogen-bond acceptors (Lipinski definition) is 6. The van der Waals surface area contributed by atoms with Crippen molar-refractivity contribution < 1.29 is 9.21 Å². The minimum absolute atomic E-state index is 0.121. The summed E-state index contributed by atoms with van der Waals surface area (Å²) in [6, 6.07) is 13.7. The van der Waals surface area contributed by atoms with Crippen LogP contribution in [0.3, 0.4) is 0 Å². The number of hydrogen-bond donors (Lipinski definition) is 0. The van der Waals surface area contributed by atoms with Gasteiger partial charge in [0, 0.05) is 15.8 Å². The van der Waals surface area contributed by atoms with Gasteiger partial charge in [-0.05, 0) is 48.0 Å². The maximum atomic E-state index is 13.0. The topological polar surface area (TPSA) is 46.3 Å². The Kier molecular flexibility index (Phi) is 5.42. The lowest BCUT2D eigenvalue weighted by atomic mass is 10.3. The molecule has 0 atom stereocenters. The summed E-state index contributed by atoms with van der Waals surface area (Å²) in [6.45, 7) is 0.342. The first-order chi connectivity index (χ1) is 13.2. The minimum Gasteiger partial charge on any atom is -0.467 e. The van der Waals surface area contributed by atoms with Gasteiger partial charge >= 0.3 is 0 Å². The molecule has 3 heterocycles. The smallest absolute Gasteiger partial charge is 0.253 e. The van der Waals surface area contributed by atoms with Crippen LogP contribution in [0.15, 0.2) is 69.5 Å². The van der Waals surface area contributed by atoms with Crippen LogP contribution >= 0.6 is 34.4 Å². The van der Waals surface area contributed by atoms with Crippen molar-refractivity contribution in [3.63, 3.8) is 0 Å². The maximum absolute atomic E-state index is 13.0. The SMILES string of the molecule is CSc1cccc2sc(N(Cc3ccco3)C(=O)/C=C/c3cccs3)nc12. The predicted octanol–water partition coefficient (Wildman–Crippen LogP) is 5.92. The molecule has 0 aliphatic heterocycles. The number of amides is 1. The molecule has 1 aromatic carbocycles. The second kappa shape index (κ2) is 8.12. The molecule has 0 radical (unpaired) electrons. The van der Waals surface area contributed by atoms with Gasteiger partial charge in [-0.25, -0.2) is 4.98 Å². The van der Waals surface area contributed by atoms with Crippen molar-refractivity contribution in [2.45, 2.75) is 11.4 Å². The third-order valence-corrected chi connectivity index (χ3v) is 6.57. The third kappa shape index (κ3) is 4.00. The number of anilines is 1. The lowest BCUT2D eigenvalue weighted by Gasteiger charge is -2.16. The molecule has 136 valence electrons. The largest absolute Gasteiger partial charge is 0.467 e. The van der Waals surface area contributed by atoms with E-state index in [9.17, 15) is 4.79 Å². The Labute approximate surface area is 169 Å². The molecule has 0 bridgehead atoms. The van der Waals surface area contributed by atoms with E-state index in [1.807, 2.05) is 60.2 Å². The van der Waals surface area contributed by atoms with Crippen LogP contribution in [-0.4, -0.2) is 17.1 Å². The van der Waals surface area contributed by atoms with E-state index in [0.717, 1.165) is 25.7 Å². The van der Waals surface area contributed by atoms with Gasteiger partial charge in [-0.3, -0.25) is 9.69 Å². The standard InChI is InChI=1S/C20H16N2O2S3/c1-25-16-7-2-8-17-19(16)21-20(27-17)22(13-14-5-3-11-24-14)18(23)10-9-15-6-4-12-26-15/h2-12H,13H2,1H3/b10-9+. The number of thiazole rings is 1. The van der Waals surface area contributed by atoms with Crippen molar-refractivity contribution in [2.24, 2.45) is 0 Å². The van der Waals surface area contributed by atoms with Crippen LogP contribution in [0.25, 0.3) is 16.3 Å². The quantitative estimate of drug-likeness (QED) is 0.291. The molecule has 0 aliphatic carbocycles. The number of thioether (sulfide) groups is 1. The highest BCUT2D eigenvalue weighted by atomic mass is 32.2. The van der Waals surface area contributed by atoms with Gasteiger partial charge in [0.25, 0.3) is 5.91 Å². The number of aromatic nitrogens is 1. The van der Waals surface area contributed by atoms with Gasteiger partial charge in [-0.1, -0.05) is 23.5 Å². The van der Waals surface area contributed by atoms with E-state index in [1.165, 1.54) is 11.3 Å². The molecule has 3 aromatic heterocycles. The number of fused-ring (bicyclic) bond motifs is 1. The Hall–Kier alpha value is -2.35. The van der Waals surface area contributed by atoms with Crippen molar-refractivity contribution in [3.05, 3.63) is 70.8 Å². The number of carbonyl (C=O) groups excluding carboxylic acids is 1. The summed E-state index contributed by atoms with van der Waals surface area (Å²) in [5, 5.41) is 2.66. The zero-order chi connectivity index (χ0) is 18.6. The number of nitrogens with zero attached hydrogens (tertiary/aromatic N) is 2. The number of thiophene rings is 1.